The van der Waals surface area contributed by atoms with Crippen LogP contribution in [-0.2, 0) is 0 Å². The molecule has 1 fully saturated rings. The third-order valence-corrected chi connectivity index (χ3v) is 4.18. The largest absolute Gasteiger partial charge is 0.478 e. The summed E-state index contributed by atoms with van der Waals surface area (Å²) < 4.78 is 0. The first-order valence-corrected chi connectivity index (χ1v) is 7.29. The topological polar surface area (TPSA) is 83.7 Å². The quantitative estimate of drug-likeness (QED) is 0.680. The third kappa shape index (κ3) is 3.51. The predicted molar refractivity (Wildman–Crippen MR) is 79.9 cm³/mol. The fourth-order valence-corrected chi connectivity index (χ4v) is 2.88. The van der Waals surface area contributed by atoms with Gasteiger partial charge in [-0.3, -0.25) is 10.1 Å². The molecule has 0 radical (unpaired) electrons. The van der Waals surface area contributed by atoms with Crippen LogP contribution in [0.25, 0.3) is 0 Å². The van der Waals surface area contributed by atoms with Gasteiger partial charge in [-0.15, -0.1) is 0 Å². The molecule has 0 bridgehead atoms. The molecule has 0 aliphatic carbocycles. The zero-order valence-electron chi connectivity index (χ0n) is 12.1. The lowest BCUT2D eigenvalue weighted by atomic mass is 9.98. The summed E-state index contributed by atoms with van der Waals surface area (Å²) in [6.07, 6.45) is 4.21. The molecule has 1 saturated heterocycles. The van der Waals surface area contributed by atoms with E-state index in [2.05, 4.69) is 6.92 Å². The number of rotatable bonds is 4. The molecule has 6 nitrogen and oxygen atoms in total. The molecule has 1 aromatic rings. The fraction of sp³-hybridized carbons (Fsp3) is 0.533. The summed E-state index contributed by atoms with van der Waals surface area (Å²) in [6, 6.07) is 4.00. The monoisotopic (exact) mass is 292 g/mol. The maximum atomic E-state index is 11.2. The summed E-state index contributed by atoms with van der Waals surface area (Å²) in [5.74, 6) is -0.413. The molecular formula is C15H20N2O4. The molecule has 0 aromatic heterocycles. The van der Waals surface area contributed by atoms with Crippen molar-refractivity contribution in [2.75, 3.05) is 18.0 Å². The van der Waals surface area contributed by atoms with Crippen LogP contribution < -0.4 is 4.90 Å². The fourth-order valence-electron chi connectivity index (χ4n) is 2.88. The molecule has 1 unspecified atom stereocenters. The van der Waals surface area contributed by atoms with Crippen molar-refractivity contribution >= 4 is 17.3 Å². The smallest absolute Gasteiger partial charge is 0.335 e. The number of aromatic carboxylic acids is 1. The zero-order valence-corrected chi connectivity index (χ0v) is 12.1. The van der Waals surface area contributed by atoms with E-state index in [4.69, 9.17) is 5.11 Å². The SMILES string of the molecule is CCC1CCCN(c2cc(C(=O)O)ccc2[N+](=O)[O-])CC1. The first-order chi connectivity index (χ1) is 10.0. The molecule has 0 spiro atoms. The van der Waals surface area contributed by atoms with Crippen LogP contribution in [0, 0.1) is 16.0 Å². The minimum Gasteiger partial charge on any atom is -0.478 e. The summed E-state index contributed by atoms with van der Waals surface area (Å²) in [6.45, 7) is 3.64. The normalized spacial score (nSPS) is 19.1. The van der Waals surface area contributed by atoms with E-state index < -0.39 is 10.9 Å². The number of hydrogen-bond acceptors (Lipinski definition) is 4. The summed E-state index contributed by atoms with van der Waals surface area (Å²) in [7, 11) is 0. The minimum atomic E-state index is -1.06. The summed E-state index contributed by atoms with van der Waals surface area (Å²) in [5, 5.41) is 20.3. The minimum absolute atomic E-state index is 0.0186. The highest BCUT2D eigenvalue weighted by atomic mass is 16.6. The van der Waals surface area contributed by atoms with Gasteiger partial charge in [-0.1, -0.05) is 13.3 Å². The first-order valence-electron chi connectivity index (χ1n) is 7.29. The van der Waals surface area contributed by atoms with Crippen LogP contribution in [0.15, 0.2) is 18.2 Å². The molecule has 1 N–H and O–H groups in total. The van der Waals surface area contributed by atoms with Gasteiger partial charge in [0.25, 0.3) is 5.69 Å². The van der Waals surface area contributed by atoms with Crippen molar-refractivity contribution in [1.82, 2.24) is 0 Å². The molecule has 21 heavy (non-hydrogen) atoms. The van der Waals surface area contributed by atoms with Gasteiger partial charge in [-0.2, -0.15) is 0 Å². The van der Waals surface area contributed by atoms with Crippen molar-refractivity contribution in [1.29, 1.82) is 0 Å². The van der Waals surface area contributed by atoms with E-state index in [0.29, 0.717) is 11.6 Å². The first kappa shape index (κ1) is 15.3. The Kier molecular flexibility index (Phi) is 4.77. The molecule has 1 aliphatic rings. The van der Waals surface area contributed by atoms with Crippen LogP contribution in [0.4, 0.5) is 11.4 Å². The lowest BCUT2D eigenvalue weighted by Gasteiger charge is -2.23. The van der Waals surface area contributed by atoms with Gasteiger partial charge in [0.15, 0.2) is 0 Å². The van der Waals surface area contributed by atoms with Gasteiger partial charge in [-0.05, 0) is 37.3 Å². The van der Waals surface area contributed by atoms with Gasteiger partial charge in [0.2, 0.25) is 0 Å². The number of benzene rings is 1. The Balaban J connectivity index is 2.33. The lowest BCUT2D eigenvalue weighted by molar-refractivity contribution is -0.384. The van der Waals surface area contributed by atoms with Crippen molar-refractivity contribution in [3.05, 3.63) is 33.9 Å². The van der Waals surface area contributed by atoms with Gasteiger partial charge in [-0.25, -0.2) is 4.79 Å². The second-order valence-electron chi connectivity index (χ2n) is 5.46. The number of carboxylic acids is 1. The van der Waals surface area contributed by atoms with E-state index in [1.807, 2.05) is 4.90 Å². The van der Waals surface area contributed by atoms with Gasteiger partial charge in [0.05, 0.1) is 10.5 Å². The molecule has 0 saturated carbocycles. The molecule has 114 valence electrons. The number of hydrogen-bond donors (Lipinski definition) is 1. The highest BCUT2D eigenvalue weighted by Crippen LogP contribution is 2.32. The van der Waals surface area contributed by atoms with E-state index in [-0.39, 0.29) is 11.3 Å². The van der Waals surface area contributed by atoms with Crippen LogP contribution >= 0.6 is 0 Å². The molecule has 1 aromatic carbocycles. The van der Waals surface area contributed by atoms with E-state index in [1.165, 1.54) is 18.2 Å². The zero-order chi connectivity index (χ0) is 15.4. The van der Waals surface area contributed by atoms with Crippen molar-refractivity contribution < 1.29 is 14.8 Å². The van der Waals surface area contributed by atoms with E-state index in [1.54, 1.807) is 0 Å². The van der Waals surface area contributed by atoms with E-state index >= 15 is 0 Å². The number of nitro benzene ring substituents is 1. The molecule has 6 heteroatoms. The Labute approximate surface area is 123 Å². The Bertz CT molecular complexity index is 544. The number of nitrogens with zero attached hydrogens (tertiary/aromatic N) is 2. The third-order valence-electron chi connectivity index (χ3n) is 4.18. The maximum absolute atomic E-state index is 11.2. The number of carboxylic acid groups (broad SMARTS) is 1. The molecule has 1 atom stereocenters. The van der Waals surface area contributed by atoms with Crippen LogP contribution in [0.3, 0.4) is 0 Å². The highest BCUT2D eigenvalue weighted by molar-refractivity contribution is 5.90. The number of carbonyl (C=O) groups is 1. The maximum Gasteiger partial charge on any atom is 0.335 e. The van der Waals surface area contributed by atoms with E-state index in [9.17, 15) is 14.9 Å². The lowest BCUT2D eigenvalue weighted by Crippen LogP contribution is -2.25. The Morgan fingerprint density at radius 3 is 2.81 bits per heavy atom. The van der Waals surface area contributed by atoms with Crippen LogP contribution in [0.5, 0.6) is 0 Å². The summed E-state index contributed by atoms with van der Waals surface area (Å²) in [5.41, 5.74) is 0.499. The van der Waals surface area contributed by atoms with E-state index in [0.717, 1.165) is 38.8 Å². The second-order valence-corrected chi connectivity index (χ2v) is 5.46. The Hall–Kier alpha value is -2.11. The van der Waals surface area contributed by atoms with Gasteiger partial charge in [0.1, 0.15) is 5.69 Å². The van der Waals surface area contributed by atoms with Crippen LogP contribution in [-0.4, -0.2) is 29.1 Å². The number of anilines is 1. The standard InChI is InChI=1S/C15H20N2O4/c1-2-11-4-3-8-16(9-7-11)14-10-12(15(18)19)5-6-13(14)17(20)21/h5-6,10-11H,2-4,7-9H2,1H3,(H,18,19). The van der Waals surface area contributed by atoms with Crippen molar-refractivity contribution in [2.45, 2.75) is 32.6 Å². The number of nitro groups is 1. The molecule has 2 rings (SSSR count). The average Bonchev–Trinajstić information content (AvgIpc) is 2.71. The second kappa shape index (κ2) is 6.56. The van der Waals surface area contributed by atoms with Crippen molar-refractivity contribution in [3.8, 4) is 0 Å². The van der Waals surface area contributed by atoms with Crippen molar-refractivity contribution in [2.24, 2.45) is 5.92 Å². The average molecular weight is 292 g/mol. The highest BCUT2D eigenvalue weighted by Gasteiger charge is 2.24. The Morgan fingerprint density at radius 2 is 2.19 bits per heavy atom. The Morgan fingerprint density at radius 1 is 1.43 bits per heavy atom. The molecular weight excluding hydrogens is 272 g/mol. The summed E-state index contributed by atoms with van der Waals surface area (Å²) in [4.78, 5) is 23.8. The predicted octanol–water partition coefficient (Wildman–Crippen LogP) is 3.31. The van der Waals surface area contributed by atoms with Crippen molar-refractivity contribution in [3.63, 3.8) is 0 Å². The van der Waals surface area contributed by atoms with Gasteiger partial charge in [0, 0.05) is 19.2 Å². The van der Waals surface area contributed by atoms with Crippen LogP contribution in [0.2, 0.25) is 0 Å². The van der Waals surface area contributed by atoms with Gasteiger partial charge < -0.3 is 10.0 Å². The molecule has 0 amide bonds. The van der Waals surface area contributed by atoms with Crippen LogP contribution in [0.1, 0.15) is 43.0 Å². The molecule has 1 heterocycles. The van der Waals surface area contributed by atoms with Gasteiger partial charge >= 0.3 is 5.97 Å². The summed E-state index contributed by atoms with van der Waals surface area (Å²) >= 11 is 0. The molecule has 1 aliphatic heterocycles.